The van der Waals surface area contributed by atoms with Crippen LogP contribution in [0.4, 0.5) is 0 Å². The predicted octanol–water partition coefficient (Wildman–Crippen LogP) is 6.52. The number of hydrogen-bond acceptors (Lipinski definition) is 3. The lowest BCUT2D eigenvalue weighted by Gasteiger charge is -2.26. The van der Waals surface area contributed by atoms with Crippen molar-refractivity contribution >= 4 is 17.8 Å². The van der Waals surface area contributed by atoms with Crippen LogP contribution < -0.4 is 33.2 Å². The number of carbonyl (C=O) groups is 2. The molecule has 11 N–H and O–H groups in total. The standard InChI is InChI=1S/C43H87N7O2/c1-3-5-7-9-11-13-15-17-19-20-22-24-26-28-30-32-37-50(36-31-29-27-25-23-21-18-16-14-12-10-8-6-4-2)42(52)40(45)38-49-41(51)39(44)34-33-35-48-43(46)47/h17,19,39-40H,3-16,18,20-38,44-45H2,1-2H3,(H,49,51)(H4,46,47,48)/p+2. The number of nitrogens with two attached hydrogens (primary N) is 3. The first-order valence-corrected chi connectivity index (χ1v) is 22.2. The summed E-state index contributed by atoms with van der Waals surface area (Å²) in [5, 5.41) is 2.86. The molecule has 2 unspecified atom stereocenters. The van der Waals surface area contributed by atoms with Gasteiger partial charge in [-0.1, -0.05) is 167 Å². The Hall–Kier alpha value is -2.13. The Kier molecular flexibility index (Phi) is 37.0. The van der Waals surface area contributed by atoms with Gasteiger partial charge in [0.1, 0.15) is 6.04 Å². The fourth-order valence-corrected chi connectivity index (χ4v) is 6.77. The molecule has 0 fully saturated rings. The molecule has 2 atom stereocenters. The van der Waals surface area contributed by atoms with E-state index in [4.69, 9.17) is 17.2 Å². The summed E-state index contributed by atoms with van der Waals surface area (Å²) in [6.45, 7) is 6.76. The fraction of sp³-hybridized carbons (Fsp3) is 0.884. The summed E-state index contributed by atoms with van der Waals surface area (Å²) in [5.74, 6) is -0.0632. The summed E-state index contributed by atoms with van der Waals surface area (Å²) in [5.41, 5.74) is 21.2. The van der Waals surface area contributed by atoms with Gasteiger partial charge in [0.05, 0.1) is 6.54 Å². The zero-order valence-electron chi connectivity index (χ0n) is 34.6. The molecule has 52 heavy (non-hydrogen) atoms. The van der Waals surface area contributed by atoms with Crippen molar-refractivity contribution in [2.24, 2.45) is 17.2 Å². The number of allylic oxidation sites excluding steroid dienone is 2. The number of hydrogen-bond donors (Lipinski definition) is 6. The van der Waals surface area contributed by atoms with Crippen molar-refractivity contribution in [3.05, 3.63) is 12.2 Å². The van der Waals surface area contributed by atoms with E-state index < -0.39 is 12.1 Å². The summed E-state index contributed by atoms with van der Waals surface area (Å²) in [6.07, 6.45) is 42.2. The minimum Gasteiger partial charge on any atom is -0.349 e. The molecule has 0 aliphatic carbocycles. The summed E-state index contributed by atoms with van der Waals surface area (Å²) in [4.78, 5) is 30.9. The molecule has 9 heteroatoms. The quantitative estimate of drug-likeness (QED) is 0.0183. The third-order valence-electron chi connectivity index (χ3n) is 10.3. The van der Waals surface area contributed by atoms with Gasteiger partial charge in [0.25, 0.3) is 5.91 Å². The zero-order chi connectivity index (χ0) is 38.3. The summed E-state index contributed by atoms with van der Waals surface area (Å²) in [7, 11) is 0. The van der Waals surface area contributed by atoms with Crippen molar-refractivity contribution in [1.29, 1.82) is 0 Å². The van der Waals surface area contributed by atoms with Crippen LogP contribution in [0.5, 0.6) is 0 Å². The van der Waals surface area contributed by atoms with Gasteiger partial charge < -0.3 is 21.7 Å². The van der Waals surface area contributed by atoms with E-state index in [2.05, 4.69) is 42.0 Å². The van der Waals surface area contributed by atoms with Crippen molar-refractivity contribution in [3.8, 4) is 0 Å². The molecule has 0 bridgehead atoms. The van der Waals surface area contributed by atoms with Crippen LogP contribution in [-0.4, -0.2) is 60.9 Å². The Morgan fingerprint density at radius 2 is 1.00 bits per heavy atom. The molecule has 0 aromatic rings. The largest absolute Gasteiger partial charge is 0.349 e. The molecule has 0 rings (SSSR count). The number of nitrogens with one attached hydrogen (secondary N) is 2. The molecule has 0 aromatic carbocycles. The van der Waals surface area contributed by atoms with Gasteiger partial charge in [0.15, 0.2) is 6.04 Å². The summed E-state index contributed by atoms with van der Waals surface area (Å²) >= 11 is 0. The van der Waals surface area contributed by atoms with Crippen molar-refractivity contribution in [3.63, 3.8) is 0 Å². The molecule has 0 spiro atoms. The molecule has 9 nitrogen and oxygen atoms in total. The third kappa shape index (κ3) is 33.7. The van der Waals surface area contributed by atoms with Crippen molar-refractivity contribution in [2.75, 3.05) is 26.2 Å². The fourth-order valence-electron chi connectivity index (χ4n) is 6.77. The first-order valence-electron chi connectivity index (χ1n) is 22.2. The molecule has 0 aliphatic rings. The lowest BCUT2D eigenvalue weighted by molar-refractivity contribution is -0.463. The minimum absolute atomic E-state index is 0.0542. The second-order valence-electron chi connectivity index (χ2n) is 15.4. The van der Waals surface area contributed by atoms with Gasteiger partial charge in [-0.25, -0.2) is 0 Å². The van der Waals surface area contributed by atoms with Crippen molar-refractivity contribution in [2.45, 2.75) is 219 Å². The smallest absolute Gasteiger partial charge is 0.338 e. The normalized spacial score (nSPS) is 12.6. The maximum Gasteiger partial charge on any atom is 0.338 e. The molecule has 0 saturated heterocycles. The number of guanidine groups is 1. The highest BCUT2D eigenvalue weighted by Crippen LogP contribution is 2.14. The number of rotatable bonds is 39. The second-order valence-corrected chi connectivity index (χ2v) is 15.4. The number of carbonyl (C=O) groups excluding carboxylic acids is 2. The molecular formula is C43H89N7O2+2. The summed E-state index contributed by atoms with van der Waals surface area (Å²) in [6, 6.07) is -1.17. The van der Waals surface area contributed by atoms with Gasteiger partial charge in [-0.15, -0.1) is 0 Å². The van der Waals surface area contributed by atoms with Gasteiger partial charge in [-0.05, 0) is 44.9 Å². The molecule has 0 aromatic heterocycles. The van der Waals surface area contributed by atoms with Crippen molar-refractivity contribution in [1.82, 2.24) is 10.2 Å². The Morgan fingerprint density at radius 1 is 0.615 bits per heavy atom. The Labute approximate surface area is 321 Å². The topological polar surface area (TPSA) is 169 Å². The van der Waals surface area contributed by atoms with Gasteiger partial charge in [-0.2, -0.15) is 0 Å². The van der Waals surface area contributed by atoms with E-state index in [-0.39, 0.29) is 24.3 Å². The van der Waals surface area contributed by atoms with Crippen LogP contribution in [0.25, 0.3) is 0 Å². The van der Waals surface area contributed by atoms with E-state index in [0.29, 0.717) is 19.4 Å². The Bertz CT molecular complexity index is 862. The first kappa shape index (κ1) is 49.9. The van der Waals surface area contributed by atoms with E-state index in [9.17, 15) is 9.59 Å². The second kappa shape index (κ2) is 38.6. The van der Waals surface area contributed by atoms with Crippen LogP contribution in [0, 0.1) is 0 Å². The van der Waals surface area contributed by atoms with Crippen molar-refractivity contribution < 1.29 is 20.3 Å². The van der Waals surface area contributed by atoms with Crippen LogP contribution in [0.15, 0.2) is 12.2 Å². The highest BCUT2D eigenvalue weighted by molar-refractivity contribution is 5.84. The number of nitrogens with zero attached hydrogens (tertiary/aromatic N) is 1. The highest BCUT2D eigenvalue weighted by atomic mass is 16.2. The molecule has 0 saturated carbocycles. The number of unbranched alkanes of at least 4 members (excludes halogenated alkanes) is 25. The van der Waals surface area contributed by atoms with Crippen LogP contribution in [0.2, 0.25) is 0 Å². The minimum atomic E-state index is -0.745. The maximum atomic E-state index is 13.4. The van der Waals surface area contributed by atoms with Gasteiger partial charge >= 0.3 is 5.96 Å². The molecular weight excluding hydrogens is 647 g/mol. The van der Waals surface area contributed by atoms with Gasteiger partial charge in [0.2, 0.25) is 5.91 Å². The van der Waals surface area contributed by atoms with Gasteiger partial charge in [-0.3, -0.25) is 26.0 Å². The van der Waals surface area contributed by atoms with Crippen LogP contribution in [0.1, 0.15) is 206 Å². The molecule has 306 valence electrons. The van der Waals surface area contributed by atoms with Crippen LogP contribution in [0.3, 0.4) is 0 Å². The Balaban J connectivity index is 4.44. The highest BCUT2D eigenvalue weighted by Gasteiger charge is 2.23. The van der Waals surface area contributed by atoms with E-state index in [0.717, 1.165) is 38.8 Å². The van der Waals surface area contributed by atoms with E-state index in [1.807, 2.05) is 4.90 Å². The number of quaternary nitrogens is 1. The predicted molar refractivity (Wildman–Crippen MR) is 222 cm³/mol. The molecule has 0 aliphatic heterocycles. The number of amides is 2. The third-order valence-corrected chi connectivity index (χ3v) is 10.3. The Morgan fingerprint density at radius 3 is 1.40 bits per heavy atom. The van der Waals surface area contributed by atoms with E-state index in [1.165, 1.54) is 154 Å². The zero-order valence-corrected chi connectivity index (χ0v) is 34.6. The van der Waals surface area contributed by atoms with E-state index in [1.54, 1.807) is 0 Å². The summed E-state index contributed by atoms with van der Waals surface area (Å²) < 4.78 is 0. The van der Waals surface area contributed by atoms with Crippen LogP contribution in [-0.2, 0) is 9.59 Å². The first-order chi connectivity index (χ1) is 25.3. The maximum absolute atomic E-state index is 13.4. The lowest BCUT2D eigenvalue weighted by atomic mass is 10.0. The molecule has 0 heterocycles. The van der Waals surface area contributed by atoms with Gasteiger partial charge in [0, 0.05) is 26.1 Å². The SMILES string of the molecule is CCCCCCCCC=CCCCCCCCCN(CCCCCCCCCCCCCCCC)C(=O)C(N)CNC(=O)C([NH3+])CCC[NH+]=C(N)N. The molecule has 0 radical (unpaired) electrons. The lowest BCUT2D eigenvalue weighted by Crippen LogP contribution is -2.78. The monoisotopic (exact) mass is 736 g/mol. The molecule has 2 amide bonds. The average molecular weight is 736 g/mol. The van der Waals surface area contributed by atoms with E-state index >= 15 is 0 Å². The average Bonchev–Trinajstić information content (AvgIpc) is 3.13. The van der Waals surface area contributed by atoms with Crippen LogP contribution >= 0.6 is 0 Å².